The van der Waals surface area contributed by atoms with Gasteiger partial charge in [-0.2, -0.15) is 0 Å². The van der Waals surface area contributed by atoms with E-state index in [0.29, 0.717) is 0 Å². The quantitative estimate of drug-likeness (QED) is 0.532. The minimum atomic E-state index is -1.31. The van der Waals surface area contributed by atoms with Crippen LogP contribution in [-0.2, 0) is 0 Å². The van der Waals surface area contributed by atoms with Crippen molar-refractivity contribution in [3.63, 3.8) is 0 Å². The molecule has 2 aromatic rings. The molecule has 23 heavy (non-hydrogen) atoms. The first kappa shape index (κ1) is 16.4. The molecular formula is C16H16O7. The monoisotopic (exact) mass is 320 g/mol. The van der Waals surface area contributed by atoms with Gasteiger partial charge in [-0.15, -0.1) is 0 Å². The fourth-order valence-electron chi connectivity index (χ4n) is 2.18. The minimum absolute atomic E-state index is 0.0520. The van der Waals surface area contributed by atoms with Crippen LogP contribution >= 0.6 is 0 Å². The predicted molar refractivity (Wildman–Crippen MR) is 80.0 cm³/mol. The smallest absolute Gasteiger partial charge is 0.202 e. The van der Waals surface area contributed by atoms with Crippen LogP contribution in [0.1, 0.15) is 28.4 Å². The first-order valence-electron chi connectivity index (χ1n) is 6.66. The number of phenols is 4. The Bertz CT molecular complexity index is 716. The lowest BCUT2D eigenvalue weighted by atomic mass is 9.99. The second-order valence-corrected chi connectivity index (χ2v) is 4.94. The third kappa shape index (κ3) is 3.46. The second-order valence-electron chi connectivity index (χ2n) is 4.94. The maximum atomic E-state index is 12.1. The van der Waals surface area contributed by atoms with E-state index in [1.807, 2.05) is 0 Å². The average Bonchev–Trinajstić information content (AvgIpc) is 2.46. The molecule has 0 aromatic heterocycles. The highest BCUT2D eigenvalue weighted by molar-refractivity contribution is 5.99. The normalized spacial score (nSPS) is 11.9. The van der Waals surface area contributed by atoms with Crippen molar-refractivity contribution in [2.45, 2.75) is 12.5 Å². The summed E-state index contributed by atoms with van der Waals surface area (Å²) in [7, 11) is 1.27. The maximum absolute atomic E-state index is 12.1. The van der Waals surface area contributed by atoms with Crippen molar-refractivity contribution in [2.24, 2.45) is 0 Å². The minimum Gasteiger partial charge on any atom is -0.508 e. The van der Waals surface area contributed by atoms with E-state index in [9.17, 15) is 30.3 Å². The van der Waals surface area contributed by atoms with Gasteiger partial charge in [-0.3, -0.25) is 4.79 Å². The summed E-state index contributed by atoms with van der Waals surface area (Å²) in [5.74, 6) is -2.04. The summed E-state index contributed by atoms with van der Waals surface area (Å²) < 4.78 is 4.78. The highest BCUT2D eigenvalue weighted by Crippen LogP contribution is 2.39. The number of carbonyl (C=O) groups excluding carboxylic acids is 1. The highest BCUT2D eigenvalue weighted by Gasteiger charge is 2.20. The van der Waals surface area contributed by atoms with E-state index in [1.54, 1.807) is 0 Å². The van der Waals surface area contributed by atoms with Gasteiger partial charge in [0.1, 0.15) is 11.5 Å². The van der Waals surface area contributed by atoms with Crippen LogP contribution in [0.3, 0.4) is 0 Å². The van der Waals surface area contributed by atoms with E-state index in [4.69, 9.17) is 4.74 Å². The predicted octanol–water partition coefficient (Wildman–Crippen LogP) is 1.82. The van der Waals surface area contributed by atoms with Crippen molar-refractivity contribution in [3.05, 3.63) is 41.5 Å². The number of rotatable bonds is 5. The van der Waals surface area contributed by atoms with Crippen molar-refractivity contribution in [1.29, 1.82) is 0 Å². The summed E-state index contributed by atoms with van der Waals surface area (Å²) in [6, 6.07) is 5.85. The van der Waals surface area contributed by atoms with Gasteiger partial charge in [0.15, 0.2) is 17.3 Å². The van der Waals surface area contributed by atoms with E-state index in [-0.39, 0.29) is 40.5 Å². The zero-order valence-corrected chi connectivity index (χ0v) is 12.2. The van der Waals surface area contributed by atoms with Crippen LogP contribution in [0.25, 0.3) is 0 Å². The van der Waals surface area contributed by atoms with E-state index >= 15 is 0 Å². The number of ether oxygens (including phenoxy) is 1. The van der Waals surface area contributed by atoms with Crippen LogP contribution in [0.2, 0.25) is 0 Å². The van der Waals surface area contributed by atoms with Crippen LogP contribution in [0.4, 0.5) is 0 Å². The first-order valence-corrected chi connectivity index (χ1v) is 6.66. The number of benzene rings is 2. The Hall–Kier alpha value is -2.93. The Morgan fingerprint density at radius 3 is 2.17 bits per heavy atom. The van der Waals surface area contributed by atoms with Gasteiger partial charge in [0.25, 0.3) is 0 Å². The number of Topliss-reactive ketones (excluding diaryl/α,β-unsaturated/α-hetero) is 1. The molecule has 5 N–H and O–H groups in total. The number of methoxy groups -OCH3 is 1. The van der Waals surface area contributed by atoms with Crippen LogP contribution in [0.5, 0.6) is 28.7 Å². The number of ketones is 1. The van der Waals surface area contributed by atoms with Crippen LogP contribution in [0, 0.1) is 0 Å². The van der Waals surface area contributed by atoms with Gasteiger partial charge in [-0.1, -0.05) is 0 Å². The molecule has 0 bridgehead atoms. The van der Waals surface area contributed by atoms with Gasteiger partial charge in [0, 0.05) is 12.5 Å². The van der Waals surface area contributed by atoms with Crippen LogP contribution in [-0.4, -0.2) is 38.4 Å². The summed E-state index contributed by atoms with van der Waals surface area (Å²) in [6.07, 6.45) is -1.69. The molecule has 0 aliphatic heterocycles. The number of aliphatic hydroxyl groups excluding tert-OH is 1. The molecule has 7 heteroatoms. The SMILES string of the molecule is COc1c(O)cc([C@@H](O)CC(=O)c2ccc(O)cc2O)cc1O. The number of hydrogen-bond acceptors (Lipinski definition) is 7. The molecule has 0 saturated carbocycles. The van der Waals surface area contributed by atoms with Gasteiger partial charge in [-0.25, -0.2) is 0 Å². The molecular weight excluding hydrogens is 304 g/mol. The molecule has 7 nitrogen and oxygen atoms in total. The summed E-state index contributed by atoms with van der Waals surface area (Å²) in [5, 5.41) is 48.3. The molecule has 2 aromatic carbocycles. The lowest BCUT2D eigenvalue weighted by Gasteiger charge is -2.14. The van der Waals surface area contributed by atoms with Crippen molar-refractivity contribution in [2.75, 3.05) is 7.11 Å². The molecule has 0 saturated heterocycles. The largest absolute Gasteiger partial charge is 0.508 e. The molecule has 0 aliphatic carbocycles. The Morgan fingerprint density at radius 1 is 1.04 bits per heavy atom. The molecule has 2 rings (SSSR count). The van der Waals surface area contributed by atoms with Crippen LogP contribution < -0.4 is 4.74 Å². The molecule has 0 aliphatic rings. The molecule has 0 amide bonds. The van der Waals surface area contributed by atoms with Gasteiger partial charge in [-0.05, 0) is 29.8 Å². The molecule has 0 spiro atoms. The van der Waals surface area contributed by atoms with Gasteiger partial charge < -0.3 is 30.3 Å². The number of hydrogen-bond donors (Lipinski definition) is 5. The van der Waals surface area contributed by atoms with E-state index in [2.05, 4.69) is 0 Å². The lowest BCUT2D eigenvalue weighted by Crippen LogP contribution is -2.07. The summed E-state index contributed by atoms with van der Waals surface area (Å²) >= 11 is 0. The summed E-state index contributed by atoms with van der Waals surface area (Å²) in [5.41, 5.74) is 0.0659. The fourth-order valence-corrected chi connectivity index (χ4v) is 2.18. The zero-order valence-electron chi connectivity index (χ0n) is 12.2. The maximum Gasteiger partial charge on any atom is 0.202 e. The third-order valence-corrected chi connectivity index (χ3v) is 3.32. The Kier molecular flexibility index (Phi) is 4.61. The van der Waals surface area contributed by atoms with Crippen molar-refractivity contribution < 1.29 is 35.1 Å². The molecule has 0 unspecified atom stereocenters. The Morgan fingerprint density at radius 2 is 1.65 bits per heavy atom. The zero-order chi connectivity index (χ0) is 17.1. The van der Waals surface area contributed by atoms with Crippen LogP contribution in [0.15, 0.2) is 30.3 Å². The molecule has 0 radical (unpaired) electrons. The number of phenolic OH excluding ortho intramolecular Hbond substituents is 4. The molecule has 0 heterocycles. The van der Waals surface area contributed by atoms with E-state index in [1.165, 1.54) is 31.4 Å². The van der Waals surface area contributed by atoms with E-state index in [0.717, 1.165) is 6.07 Å². The molecule has 0 fully saturated rings. The summed E-state index contributed by atoms with van der Waals surface area (Å²) in [4.78, 5) is 12.1. The first-order chi connectivity index (χ1) is 10.8. The molecule has 1 atom stereocenters. The number of aromatic hydroxyl groups is 4. The Labute approximate surface area is 131 Å². The summed E-state index contributed by atoms with van der Waals surface area (Å²) in [6.45, 7) is 0. The topological polar surface area (TPSA) is 127 Å². The fraction of sp³-hybridized carbons (Fsp3) is 0.188. The Balaban J connectivity index is 2.21. The third-order valence-electron chi connectivity index (χ3n) is 3.32. The van der Waals surface area contributed by atoms with Crippen molar-refractivity contribution in [1.82, 2.24) is 0 Å². The molecule has 122 valence electrons. The highest BCUT2D eigenvalue weighted by atomic mass is 16.5. The average molecular weight is 320 g/mol. The van der Waals surface area contributed by atoms with Crippen molar-refractivity contribution >= 4 is 5.78 Å². The number of carbonyl (C=O) groups is 1. The number of aliphatic hydroxyl groups is 1. The van der Waals surface area contributed by atoms with Crippen molar-refractivity contribution in [3.8, 4) is 28.7 Å². The van der Waals surface area contributed by atoms with E-state index < -0.39 is 17.6 Å². The standard InChI is InChI=1S/C16H16O7/c1-23-16-14(21)4-8(5-15(16)22)11(18)7-13(20)10-3-2-9(17)6-12(10)19/h2-6,11,17-19,21-22H,7H2,1H3/t11-/m0/s1. The van der Waals surface area contributed by atoms with Gasteiger partial charge in [0.05, 0.1) is 18.8 Å². The van der Waals surface area contributed by atoms with Gasteiger partial charge in [0.2, 0.25) is 5.75 Å². The van der Waals surface area contributed by atoms with Gasteiger partial charge >= 0.3 is 0 Å². The second kappa shape index (κ2) is 6.45. The lowest BCUT2D eigenvalue weighted by molar-refractivity contribution is 0.0876.